The number of hydrogen-bond donors (Lipinski definition) is 1. The molecule has 11 heteroatoms. The van der Waals surface area contributed by atoms with E-state index in [2.05, 4.69) is 64.0 Å². The summed E-state index contributed by atoms with van der Waals surface area (Å²) < 4.78 is 3.59. The standard InChI is InChI=1S/C28H24Br2N8O/c29-20-1-2-24(30)23(11-20)27(39)36-9-4-21(5-10-36)37-16-28(17-37,6-7-31)38-15-19(14-35-38)25-18(12-32)13-34-26-22(25)3-8-33-26/h1-3,8,11,13-15,21H,4-6,9-10,16-17H2,(H,33,34). The topological polar surface area (TPSA) is 118 Å². The molecule has 2 saturated heterocycles. The number of H-pyrrole nitrogens is 1. The van der Waals surface area contributed by atoms with Gasteiger partial charge in [-0.2, -0.15) is 15.6 Å². The third-order valence-electron chi connectivity index (χ3n) is 7.89. The SMILES string of the molecule is N#CCC1(n2cc(-c3c(C#N)cnc4[nH]ccc34)cn2)CN(C2CCN(C(=O)c3cc(Br)ccc3Br)CC2)C1. The molecule has 2 aliphatic heterocycles. The van der Waals surface area contributed by atoms with Crippen molar-refractivity contribution in [3.05, 3.63) is 69.1 Å². The number of rotatable bonds is 5. The minimum atomic E-state index is -0.418. The summed E-state index contributed by atoms with van der Waals surface area (Å²) in [4.78, 5) is 24.9. The van der Waals surface area contributed by atoms with E-state index in [9.17, 15) is 15.3 Å². The third kappa shape index (κ3) is 4.55. The number of nitrogens with zero attached hydrogens (tertiary/aromatic N) is 7. The Morgan fingerprint density at radius 2 is 1.95 bits per heavy atom. The zero-order chi connectivity index (χ0) is 27.1. The van der Waals surface area contributed by atoms with E-state index in [1.165, 1.54) is 0 Å². The van der Waals surface area contributed by atoms with Crippen molar-refractivity contribution in [2.45, 2.75) is 30.8 Å². The smallest absolute Gasteiger partial charge is 0.255 e. The first-order valence-corrected chi connectivity index (χ1v) is 14.3. The van der Waals surface area contributed by atoms with Gasteiger partial charge in [-0.05, 0) is 53.0 Å². The van der Waals surface area contributed by atoms with Gasteiger partial charge in [0, 0.05) is 76.3 Å². The number of amides is 1. The largest absolute Gasteiger partial charge is 0.346 e. The maximum atomic E-state index is 13.1. The van der Waals surface area contributed by atoms with Gasteiger partial charge in [-0.25, -0.2) is 4.98 Å². The van der Waals surface area contributed by atoms with Crippen LogP contribution >= 0.6 is 31.9 Å². The Balaban J connectivity index is 1.16. The number of likely N-dealkylation sites (tertiary alicyclic amines) is 2. The summed E-state index contributed by atoms with van der Waals surface area (Å²) in [5.41, 5.74) is 3.09. The van der Waals surface area contributed by atoms with Crippen LogP contribution in [-0.2, 0) is 5.54 Å². The van der Waals surface area contributed by atoms with Gasteiger partial charge in [0.25, 0.3) is 5.91 Å². The van der Waals surface area contributed by atoms with Crippen molar-refractivity contribution in [1.29, 1.82) is 10.5 Å². The summed E-state index contributed by atoms with van der Waals surface area (Å²) in [5, 5.41) is 24.9. The van der Waals surface area contributed by atoms with E-state index in [1.54, 1.807) is 12.4 Å². The lowest BCUT2D eigenvalue weighted by Gasteiger charge is -2.53. The van der Waals surface area contributed by atoms with Gasteiger partial charge in [-0.1, -0.05) is 15.9 Å². The highest BCUT2D eigenvalue weighted by atomic mass is 79.9. The van der Waals surface area contributed by atoms with Gasteiger partial charge in [0.15, 0.2) is 0 Å². The first-order valence-electron chi connectivity index (χ1n) is 12.7. The van der Waals surface area contributed by atoms with E-state index in [0.717, 1.165) is 57.0 Å². The number of carbonyl (C=O) groups excluding carboxylic acids is 1. The Morgan fingerprint density at radius 3 is 2.69 bits per heavy atom. The summed E-state index contributed by atoms with van der Waals surface area (Å²) in [5.74, 6) is 0.0394. The molecule has 5 heterocycles. The lowest BCUT2D eigenvalue weighted by molar-refractivity contribution is -0.0412. The number of fused-ring (bicyclic) bond motifs is 1. The Labute approximate surface area is 242 Å². The van der Waals surface area contributed by atoms with E-state index >= 15 is 0 Å². The van der Waals surface area contributed by atoms with Crippen molar-refractivity contribution in [3.8, 4) is 23.3 Å². The first kappa shape index (κ1) is 25.8. The average molecular weight is 648 g/mol. The number of carbonyl (C=O) groups is 1. The van der Waals surface area contributed by atoms with Crippen LogP contribution in [0.1, 0.15) is 35.2 Å². The molecule has 0 aliphatic carbocycles. The average Bonchev–Trinajstić information content (AvgIpc) is 3.61. The van der Waals surface area contributed by atoms with Gasteiger partial charge in [-0.3, -0.25) is 14.4 Å². The van der Waals surface area contributed by atoms with E-state index < -0.39 is 5.54 Å². The summed E-state index contributed by atoms with van der Waals surface area (Å²) in [7, 11) is 0. The first-order chi connectivity index (χ1) is 18.9. The predicted molar refractivity (Wildman–Crippen MR) is 153 cm³/mol. The van der Waals surface area contributed by atoms with Crippen molar-refractivity contribution in [1.82, 2.24) is 29.5 Å². The Kier molecular flexibility index (Phi) is 6.76. The van der Waals surface area contributed by atoms with Crippen LogP contribution in [0.3, 0.4) is 0 Å². The summed E-state index contributed by atoms with van der Waals surface area (Å²) in [6, 6.07) is 12.5. The fraction of sp³-hybridized carbons (Fsp3) is 0.321. The molecule has 6 rings (SSSR count). The molecule has 39 heavy (non-hydrogen) atoms. The molecule has 0 unspecified atom stereocenters. The highest BCUT2D eigenvalue weighted by Gasteiger charge is 2.48. The Hall–Kier alpha value is -3.51. The summed E-state index contributed by atoms with van der Waals surface area (Å²) >= 11 is 6.97. The number of nitriles is 2. The molecule has 1 N–H and O–H groups in total. The number of piperidine rings is 1. The zero-order valence-electron chi connectivity index (χ0n) is 20.9. The lowest BCUT2D eigenvalue weighted by Crippen LogP contribution is -2.66. The van der Waals surface area contributed by atoms with Gasteiger partial charge in [0.05, 0.1) is 29.8 Å². The zero-order valence-corrected chi connectivity index (χ0v) is 24.1. The van der Waals surface area contributed by atoms with Crippen molar-refractivity contribution >= 4 is 48.8 Å². The molecule has 0 atom stereocenters. The van der Waals surface area contributed by atoms with E-state index in [0.29, 0.717) is 36.7 Å². The number of hydrogen-bond acceptors (Lipinski definition) is 6. The number of aromatic nitrogens is 4. The maximum absolute atomic E-state index is 13.1. The molecule has 0 radical (unpaired) electrons. The van der Waals surface area contributed by atoms with E-state index in [1.807, 2.05) is 46.2 Å². The van der Waals surface area contributed by atoms with Crippen LogP contribution in [0.25, 0.3) is 22.2 Å². The molecule has 1 amide bonds. The molecule has 9 nitrogen and oxygen atoms in total. The van der Waals surface area contributed by atoms with Gasteiger partial charge in [-0.15, -0.1) is 0 Å². The van der Waals surface area contributed by atoms with Crippen LogP contribution in [0.15, 0.2) is 58.0 Å². The van der Waals surface area contributed by atoms with Crippen LogP contribution in [0.5, 0.6) is 0 Å². The van der Waals surface area contributed by atoms with E-state index in [4.69, 9.17) is 0 Å². The highest BCUT2D eigenvalue weighted by Crippen LogP contribution is 2.38. The van der Waals surface area contributed by atoms with Crippen LogP contribution in [0.4, 0.5) is 0 Å². The molecule has 0 bridgehead atoms. The molecule has 4 aromatic rings. The third-order valence-corrected chi connectivity index (χ3v) is 9.08. The Morgan fingerprint density at radius 1 is 1.15 bits per heavy atom. The molecule has 196 valence electrons. The van der Waals surface area contributed by atoms with E-state index in [-0.39, 0.29) is 5.91 Å². The highest BCUT2D eigenvalue weighted by molar-refractivity contribution is 9.11. The normalized spacial score (nSPS) is 17.5. The quantitative estimate of drug-likeness (QED) is 0.324. The van der Waals surface area contributed by atoms with Crippen molar-refractivity contribution in [2.24, 2.45) is 0 Å². The second-order valence-electron chi connectivity index (χ2n) is 10.2. The van der Waals surface area contributed by atoms with Crippen LogP contribution in [0, 0.1) is 22.7 Å². The molecule has 3 aromatic heterocycles. The fourth-order valence-electron chi connectivity index (χ4n) is 5.83. The number of aromatic amines is 1. The second kappa shape index (κ2) is 10.2. The van der Waals surface area contributed by atoms with Gasteiger partial charge < -0.3 is 9.88 Å². The maximum Gasteiger partial charge on any atom is 0.255 e. The molecule has 1 aromatic carbocycles. The number of halogens is 2. The lowest BCUT2D eigenvalue weighted by atomic mass is 9.83. The predicted octanol–water partition coefficient (Wildman–Crippen LogP) is 5.05. The summed E-state index contributed by atoms with van der Waals surface area (Å²) in [6.07, 6.45) is 9.23. The number of pyridine rings is 1. The molecule has 0 saturated carbocycles. The van der Waals surface area contributed by atoms with Crippen molar-refractivity contribution in [3.63, 3.8) is 0 Å². The Bertz CT molecular complexity index is 1650. The fourth-order valence-corrected chi connectivity index (χ4v) is 6.61. The number of benzene rings is 1. The van der Waals surface area contributed by atoms with Crippen LogP contribution in [-0.4, -0.2) is 67.7 Å². The molecule has 2 aliphatic rings. The number of nitrogens with one attached hydrogen (secondary N) is 1. The monoisotopic (exact) mass is 646 g/mol. The van der Waals surface area contributed by atoms with Gasteiger partial charge >= 0.3 is 0 Å². The van der Waals surface area contributed by atoms with Crippen molar-refractivity contribution in [2.75, 3.05) is 26.2 Å². The molecule has 2 fully saturated rings. The van der Waals surface area contributed by atoms with Gasteiger partial charge in [0.2, 0.25) is 0 Å². The van der Waals surface area contributed by atoms with Crippen molar-refractivity contribution < 1.29 is 4.79 Å². The summed E-state index contributed by atoms with van der Waals surface area (Å²) in [6.45, 7) is 2.83. The second-order valence-corrected chi connectivity index (χ2v) is 12.0. The van der Waals surface area contributed by atoms with Crippen LogP contribution in [0.2, 0.25) is 0 Å². The van der Waals surface area contributed by atoms with Crippen LogP contribution < -0.4 is 0 Å². The molecule has 0 spiro atoms. The minimum Gasteiger partial charge on any atom is -0.346 e. The van der Waals surface area contributed by atoms with Gasteiger partial charge in [0.1, 0.15) is 17.3 Å². The molecular formula is C28H24Br2N8O. The molecular weight excluding hydrogens is 624 g/mol. The minimum absolute atomic E-state index is 0.0394.